The third-order valence-electron chi connectivity index (χ3n) is 2.85. The van der Waals surface area contributed by atoms with Gasteiger partial charge >= 0.3 is 5.97 Å². The zero-order valence-electron chi connectivity index (χ0n) is 11.3. The number of hydrogen-bond acceptors (Lipinski definition) is 5. The number of fused-ring (bicyclic) bond motifs is 1. The first kappa shape index (κ1) is 16.5. The van der Waals surface area contributed by atoms with Gasteiger partial charge in [0.05, 0.1) is 11.5 Å². The number of carbonyl (C=O) groups is 2. The van der Waals surface area contributed by atoms with Crippen molar-refractivity contribution >= 4 is 46.7 Å². The van der Waals surface area contributed by atoms with E-state index >= 15 is 0 Å². The maximum absolute atomic E-state index is 12.3. The Kier molecular flexibility index (Phi) is 5.79. The first-order valence-corrected chi connectivity index (χ1v) is 8.21. The van der Waals surface area contributed by atoms with Crippen molar-refractivity contribution in [2.45, 2.75) is 29.6 Å². The molecule has 1 aliphatic heterocycles. The summed E-state index contributed by atoms with van der Waals surface area (Å²) in [5.74, 6) is 0.0553. The number of hydrogen-bond donors (Lipinski definition) is 0. The second-order valence-electron chi connectivity index (χ2n) is 4.46. The molecule has 114 valence electrons. The zero-order chi connectivity index (χ0) is 15.4. The smallest absolute Gasteiger partial charge is 0.327 e. The third-order valence-corrected chi connectivity index (χ3v) is 4.59. The first-order valence-electron chi connectivity index (χ1n) is 6.42. The van der Waals surface area contributed by atoms with Gasteiger partial charge in [-0.05, 0) is 31.5 Å². The van der Waals surface area contributed by atoms with Crippen LogP contribution in [0.4, 0.5) is 0 Å². The molecule has 2 atom stereocenters. The quantitative estimate of drug-likeness (QED) is 0.361. The number of Topliss-reactive ketones (excluding diaryl/α,β-unsaturated/α-hetero) is 1. The van der Waals surface area contributed by atoms with Crippen LogP contribution in [0, 0.1) is 0 Å². The van der Waals surface area contributed by atoms with Crippen LogP contribution in [-0.2, 0) is 14.3 Å². The molecule has 2 rings (SSSR count). The highest BCUT2D eigenvalue weighted by atomic mass is 35.5. The predicted molar refractivity (Wildman–Crippen MR) is 82.5 cm³/mol. The maximum atomic E-state index is 12.3. The summed E-state index contributed by atoms with van der Waals surface area (Å²) in [6, 6.07) is 5.04. The zero-order valence-corrected chi connectivity index (χ0v) is 13.6. The number of halogens is 2. The van der Waals surface area contributed by atoms with Crippen molar-refractivity contribution in [3.8, 4) is 5.75 Å². The molecule has 1 aromatic rings. The van der Waals surface area contributed by atoms with Crippen LogP contribution < -0.4 is 4.74 Å². The van der Waals surface area contributed by atoms with Gasteiger partial charge in [-0.2, -0.15) is 0 Å². The van der Waals surface area contributed by atoms with Gasteiger partial charge in [-0.25, -0.2) is 0 Å². The molecule has 0 radical (unpaired) electrons. The van der Waals surface area contributed by atoms with E-state index in [1.54, 1.807) is 25.1 Å². The number of ether oxygens (including phenoxy) is 2. The van der Waals surface area contributed by atoms with Crippen molar-refractivity contribution in [3.63, 3.8) is 0 Å². The van der Waals surface area contributed by atoms with Gasteiger partial charge in [0.15, 0.2) is 17.1 Å². The second kappa shape index (κ2) is 7.38. The number of benzene rings is 1. The average molecular weight is 349 g/mol. The topological polar surface area (TPSA) is 52.6 Å². The van der Waals surface area contributed by atoms with Crippen molar-refractivity contribution in [1.82, 2.24) is 0 Å². The van der Waals surface area contributed by atoms with Crippen LogP contribution in [0.15, 0.2) is 23.1 Å². The molecule has 0 aliphatic carbocycles. The fourth-order valence-corrected chi connectivity index (χ4v) is 3.28. The van der Waals surface area contributed by atoms with Gasteiger partial charge in [-0.1, -0.05) is 23.4 Å². The van der Waals surface area contributed by atoms with Crippen LogP contribution in [0.25, 0.3) is 0 Å². The summed E-state index contributed by atoms with van der Waals surface area (Å²) in [4.78, 5) is 25.0. The van der Waals surface area contributed by atoms with E-state index in [2.05, 4.69) is 0 Å². The van der Waals surface area contributed by atoms with E-state index in [1.807, 2.05) is 0 Å². The number of esters is 1. The van der Waals surface area contributed by atoms with E-state index in [1.165, 1.54) is 0 Å². The largest absolute Gasteiger partial charge is 0.482 e. The van der Waals surface area contributed by atoms with Gasteiger partial charge in [0, 0.05) is 10.9 Å². The lowest BCUT2D eigenvalue weighted by molar-refractivity contribution is -0.146. The summed E-state index contributed by atoms with van der Waals surface area (Å²) in [6.45, 7) is 1.82. The summed E-state index contributed by atoms with van der Waals surface area (Å²) in [6.07, 6.45) is -0.168. The predicted octanol–water partition coefficient (Wildman–Crippen LogP) is 3.32. The fourth-order valence-electron chi connectivity index (χ4n) is 1.79. The normalized spacial score (nSPS) is 21.2. The van der Waals surface area contributed by atoms with Crippen LogP contribution in [0.5, 0.6) is 5.75 Å². The van der Waals surface area contributed by atoms with Gasteiger partial charge in [0.1, 0.15) is 5.75 Å². The highest BCUT2D eigenvalue weighted by Gasteiger charge is 2.37. The molecular weight excluding hydrogens is 335 g/mol. The molecule has 0 bridgehead atoms. The Morgan fingerprint density at radius 1 is 1.48 bits per heavy atom. The molecule has 0 saturated heterocycles. The molecule has 0 aromatic heterocycles. The van der Waals surface area contributed by atoms with Crippen molar-refractivity contribution in [1.29, 1.82) is 0 Å². The third kappa shape index (κ3) is 4.05. The molecule has 0 amide bonds. The molecule has 0 spiro atoms. The van der Waals surface area contributed by atoms with E-state index in [9.17, 15) is 9.59 Å². The Morgan fingerprint density at radius 2 is 2.24 bits per heavy atom. The van der Waals surface area contributed by atoms with Crippen molar-refractivity contribution in [2.24, 2.45) is 0 Å². The van der Waals surface area contributed by atoms with Gasteiger partial charge in [0.2, 0.25) is 0 Å². The molecule has 2 unspecified atom stereocenters. The minimum absolute atomic E-state index is 0.199. The average Bonchev–Trinajstić information content (AvgIpc) is 2.57. The van der Waals surface area contributed by atoms with Crippen molar-refractivity contribution in [2.75, 3.05) is 12.5 Å². The summed E-state index contributed by atoms with van der Waals surface area (Å²) in [5, 5.41) is -0.434. The summed E-state index contributed by atoms with van der Waals surface area (Å²) >= 11 is 12.6. The van der Waals surface area contributed by atoms with E-state index in [0.29, 0.717) is 28.0 Å². The fraction of sp³-hybridized carbons (Fsp3) is 0.429. The van der Waals surface area contributed by atoms with Crippen LogP contribution in [0.2, 0.25) is 5.02 Å². The second-order valence-corrected chi connectivity index (χ2v) is 6.42. The van der Waals surface area contributed by atoms with Crippen LogP contribution >= 0.6 is 35.0 Å². The lowest BCUT2D eigenvalue weighted by Gasteiger charge is -2.14. The van der Waals surface area contributed by atoms with Gasteiger partial charge < -0.3 is 9.47 Å². The molecule has 7 heteroatoms. The standard InChI is InChI=1S/C14H14Cl2O4S/c1-8-12(17)13(14(18)19-6-2-5-15)21-11-7-9(16)3-4-10(11)20-8/h3-4,7-8,13H,2,5-6H2,1H3. The lowest BCUT2D eigenvalue weighted by atomic mass is 10.2. The molecule has 21 heavy (non-hydrogen) atoms. The molecule has 0 saturated carbocycles. The highest BCUT2D eigenvalue weighted by Crippen LogP contribution is 2.39. The number of rotatable bonds is 4. The van der Waals surface area contributed by atoms with Crippen LogP contribution in [0.3, 0.4) is 0 Å². The molecule has 0 fully saturated rings. The molecule has 1 heterocycles. The minimum Gasteiger partial charge on any atom is -0.482 e. The maximum Gasteiger partial charge on any atom is 0.327 e. The van der Waals surface area contributed by atoms with Gasteiger partial charge in [0.25, 0.3) is 0 Å². The number of carbonyl (C=O) groups excluding carboxylic acids is 2. The van der Waals surface area contributed by atoms with E-state index in [0.717, 1.165) is 11.8 Å². The summed E-state index contributed by atoms with van der Waals surface area (Å²) < 4.78 is 10.7. The lowest BCUT2D eigenvalue weighted by Crippen LogP contribution is -2.36. The Labute approximate surface area is 137 Å². The van der Waals surface area contributed by atoms with E-state index in [-0.39, 0.29) is 12.4 Å². The number of alkyl halides is 1. The molecule has 4 nitrogen and oxygen atoms in total. The molecule has 1 aliphatic rings. The first-order chi connectivity index (χ1) is 10.0. The monoisotopic (exact) mass is 348 g/mol. The summed E-state index contributed by atoms with van der Waals surface area (Å²) in [7, 11) is 0. The van der Waals surface area contributed by atoms with Gasteiger partial charge in [-0.3, -0.25) is 9.59 Å². The van der Waals surface area contributed by atoms with E-state index < -0.39 is 17.3 Å². The highest BCUT2D eigenvalue weighted by molar-refractivity contribution is 8.01. The number of thioether (sulfide) groups is 1. The minimum atomic E-state index is -0.949. The summed E-state index contributed by atoms with van der Waals surface area (Å²) in [5.41, 5.74) is 0. The van der Waals surface area contributed by atoms with Crippen LogP contribution in [-0.4, -0.2) is 35.6 Å². The van der Waals surface area contributed by atoms with E-state index in [4.69, 9.17) is 32.7 Å². The van der Waals surface area contributed by atoms with Gasteiger partial charge in [-0.15, -0.1) is 11.6 Å². The Balaban J connectivity index is 2.20. The number of ketones is 1. The molecular formula is C14H14Cl2O4S. The van der Waals surface area contributed by atoms with Crippen LogP contribution in [0.1, 0.15) is 13.3 Å². The Morgan fingerprint density at radius 3 is 2.95 bits per heavy atom. The Hall–Kier alpha value is -0.910. The van der Waals surface area contributed by atoms with Crippen molar-refractivity contribution < 1.29 is 19.1 Å². The molecule has 0 N–H and O–H groups in total. The Bertz CT molecular complexity index is 550. The van der Waals surface area contributed by atoms with Crippen molar-refractivity contribution in [3.05, 3.63) is 23.2 Å². The SMILES string of the molecule is CC1Oc2ccc(Cl)cc2SC(C(=O)OCCCCl)C1=O. The molecule has 1 aromatic carbocycles.